The normalized spacial score (nSPS) is 11.9. The van der Waals surface area contributed by atoms with Gasteiger partial charge in [-0.05, 0) is 32.3 Å². The fraction of sp³-hybridized carbons (Fsp3) is 0.188. The van der Waals surface area contributed by atoms with Crippen LogP contribution < -0.4 is 0 Å². The summed E-state index contributed by atoms with van der Waals surface area (Å²) in [5.41, 5.74) is 9.63. The summed E-state index contributed by atoms with van der Waals surface area (Å²) < 4.78 is 0. The molecule has 0 spiro atoms. The molecule has 0 aliphatic carbocycles. The zero-order valence-corrected chi connectivity index (χ0v) is 22.9. The number of hydrogen-bond acceptors (Lipinski definition) is 0. The van der Waals surface area contributed by atoms with Crippen LogP contribution in [0.25, 0.3) is 43.1 Å². The number of hydrogen-bond donors (Lipinski definition) is 0. The van der Waals surface area contributed by atoms with Crippen molar-refractivity contribution in [3.8, 4) is 22.9 Å². The predicted molar refractivity (Wildman–Crippen MR) is 157 cm³/mol. The van der Waals surface area contributed by atoms with Crippen LogP contribution in [0.5, 0.6) is 0 Å². The summed E-state index contributed by atoms with van der Waals surface area (Å²) >= 11 is 0. The largest absolute Gasteiger partial charge is 0.129 e. The third kappa shape index (κ3) is 4.16. The van der Waals surface area contributed by atoms with E-state index < -0.39 is 16.1 Å². The fourth-order valence-corrected chi connectivity index (χ4v) is 5.53. The number of benzene rings is 5. The quantitative estimate of drug-likeness (QED) is 0.0918. The zero-order valence-electron chi connectivity index (χ0n) is 20.9. The van der Waals surface area contributed by atoms with Gasteiger partial charge in [-0.15, -0.1) is 11.1 Å². The first-order chi connectivity index (χ1) is 16.1. The Balaban J connectivity index is 2.11. The smallest absolute Gasteiger partial charge is 0.127 e. The summed E-state index contributed by atoms with van der Waals surface area (Å²) in [4.78, 5) is 0. The van der Waals surface area contributed by atoms with E-state index in [0.29, 0.717) is 0 Å². The van der Waals surface area contributed by atoms with E-state index >= 15 is 0 Å². The topological polar surface area (TPSA) is 0 Å². The maximum Gasteiger partial charge on any atom is 0.129 e. The third-order valence-electron chi connectivity index (χ3n) is 6.02. The van der Waals surface area contributed by atoms with Crippen LogP contribution in [0.2, 0.25) is 39.3 Å². The standard InChI is InChI=1S/C32H30Si2/c1-33(2,3)21-19-29-27-17-15-24-12-8-10-14-26(24)32(27)30(20-22-34(4,5)6)28-18-16-23-11-7-9-13-25(23)31(28)29/h7-18H,1-6H3. The van der Waals surface area contributed by atoms with Gasteiger partial charge in [-0.2, -0.15) is 0 Å². The highest BCUT2D eigenvalue weighted by molar-refractivity contribution is 6.84. The predicted octanol–water partition coefficient (Wildman–Crippen LogP) is 8.76. The average Bonchev–Trinajstić information content (AvgIpc) is 2.79. The van der Waals surface area contributed by atoms with Crippen molar-refractivity contribution in [3.63, 3.8) is 0 Å². The number of rotatable bonds is 0. The van der Waals surface area contributed by atoms with E-state index in [0.717, 1.165) is 11.1 Å². The number of fused-ring (bicyclic) bond motifs is 6. The Bertz CT molecular complexity index is 1590. The fourth-order valence-electron chi connectivity index (χ4n) is 4.53. The molecule has 2 heteroatoms. The van der Waals surface area contributed by atoms with Gasteiger partial charge < -0.3 is 0 Å². The molecule has 0 atom stereocenters. The molecule has 5 rings (SSSR count). The van der Waals surface area contributed by atoms with Gasteiger partial charge in [-0.1, -0.05) is 124 Å². The van der Waals surface area contributed by atoms with E-state index in [2.05, 4.69) is 135 Å². The molecule has 0 fully saturated rings. The lowest BCUT2D eigenvalue weighted by molar-refractivity contribution is 1.73. The third-order valence-corrected chi connectivity index (χ3v) is 7.77. The van der Waals surface area contributed by atoms with Crippen LogP contribution in [-0.4, -0.2) is 16.1 Å². The molecule has 34 heavy (non-hydrogen) atoms. The van der Waals surface area contributed by atoms with Crippen LogP contribution in [-0.2, 0) is 0 Å². The van der Waals surface area contributed by atoms with Crippen molar-refractivity contribution in [1.29, 1.82) is 0 Å². The second kappa shape index (κ2) is 8.17. The summed E-state index contributed by atoms with van der Waals surface area (Å²) in [6.45, 7) is 13.9. The van der Waals surface area contributed by atoms with Crippen molar-refractivity contribution >= 4 is 59.2 Å². The minimum atomic E-state index is -1.57. The van der Waals surface area contributed by atoms with Gasteiger partial charge in [0.2, 0.25) is 0 Å². The molecule has 166 valence electrons. The Labute approximate surface area is 205 Å². The summed E-state index contributed by atoms with van der Waals surface area (Å²) in [5.74, 6) is 7.40. The molecule has 0 amide bonds. The lowest BCUT2D eigenvalue weighted by Crippen LogP contribution is -2.16. The molecule has 0 aliphatic heterocycles. The molecule has 0 aromatic heterocycles. The Morgan fingerprint density at radius 3 is 1.21 bits per heavy atom. The Morgan fingerprint density at radius 2 is 0.824 bits per heavy atom. The highest BCUT2D eigenvalue weighted by Crippen LogP contribution is 2.39. The van der Waals surface area contributed by atoms with Gasteiger partial charge in [0.25, 0.3) is 0 Å². The lowest BCUT2D eigenvalue weighted by Gasteiger charge is -2.16. The van der Waals surface area contributed by atoms with E-state index in [4.69, 9.17) is 0 Å². The molecule has 0 saturated carbocycles. The first-order valence-electron chi connectivity index (χ1n) is 12.0. The van der Waals surface area contributed by atoms with Crippen LogP contribution in [0.4, 0.5) is 0 Å². The van der Waals surface area contributed by atoms with Crippen molar-refractivity contribution in [3.05, 3.63) is 83.9 Å². The van der Waals surface area contributed by atoms with E-state index in [9.17, 15) is 0 Å². The van der Waals surface area contributed by atoms with E-state index in [1.807, 2.05) is 0 Å². The SMILES string of the molecule is C[Si](C)(C)C#Cc1c2ccc3ccccc3c2c(C#C[Si](C)(C)C)c2ccc3ccccc3c12. The van der Waals surface area contributed by atoms with Crippen LogP contribution in [0.3, 0.4) is 0 Å². The molecule has 0 aliphatic rings. The lowest BCUT2D eigenvalue weighted by atomic mass is 9.87. The van der Waals surface area contributed by atoms with Gasteiger partial charge in [-0.25, -0.2) is 0 Å². The first-order valence-corrected chi connectivity index (χ1v) is 19.0. The summed E-state index contributed by atoms with van der Waals surface area (Å²) in [5, 5.41) is 9.92. The van der Waals surface area contributed by atoms with Crippen molar-refractivity contribution in [1.82, 2.24) is 0 Å². The Morgan fingerprint density at radius 1 is 0.441 bits per heavy atom. The van der Waals surface area contributed by atoms with Crippen LogP contribution in [0, 0.1) is 22.9 Å². The van der Waals surface area contributed by atoms with Crippen molar-refractivity contribution in [2.24, 2.45) is 0 Å². The maximum atomic E-state index is 3.70. The second-order valence-corrected chi connectivity index (χ2v) is 20.7. The van der Waals surface area contributed by atoms with Crippen LogP contribution in [0.15, 0.2) is 72.8 Å². The molecular weight excluding hydrogens is 441 g/mol. The van der Waals surface area contributed by atoms with Gasteiger partial charge in [0, 0.05) is 21.9 Å². The van der Waals surface area contributed by atoms with Crippen molar-refractivity contribution in [2.45, 2.75) is 39.3 Å². The van der Waals surface area contributed by atoms with Gasteiger partial charge in [0.1, 0.15) is 16.1 Å². The van der Waals surface area contributed by atoms with Crippen LogP contribution in [0.1, 0.15) is 11.1 Å². The molecule has 0 saturated heterocycles. The molecular formula is C32H30Si2. The average molecular weight is 471 g/mol. The van der Waals surface area contributed by atoms with Gasteiger partial charge in [0.15, 0.2) is 0 Å². The first kappa shape index (κ1) is 22.5. The van der Waals surface area contributed by atoms with E-state index in [1.165, 1.54) is 43.1 Å². The molecule has 0 N–H and O–H groups in total. The Kier molecular flexibility index (Phi) is 5.40. The van der Waals surface area contributed by atoms with Crippen molar-refractivity contribution in [2.75, 3.05) is 0 Å². The molecule has 0 nitrogen and oxygen atoms in total. The van der Waals surface area contributed by atoms with Crippen LogP contribution >= 0.6 is 0 Å². The zero-order chi connectivity index (χ0) is 24.1. The van der Waals surface area contributed by atoms with Gasteiger partial charge in [0.05, 0.1) is 0 Å². The highest BCUT2D eigenvalue weighted by Gasteiger charge is 2.18. The molecule has 0 heterocycles. The van der Waals surface area contributed by atoms with E-state index in [-0.39, 0.29) is 0 Å². The minimum Gasteiger partial charge on any atom is -0.127 e. The molecule has 5 aromatic rings. The van der Waals surface area contributed by atoms with Crippen molar-refractivity contribution < 1.29 is 0 Å². The summed E-state index contributed by atoms with van der Waals surface area (Å²) in [6, 6.07) is 26.4. The summed E-state index contributed by atoms with van der Waals surface area (Å²) in [6.07, 6.45) is 0. The Hall–Kier alpha value is -3.31. The van der Waals surface area contributed by atoms with Gasteiger partial charge >= 0.3 is 0 Å². The monoisotopic (exact) mass is 470 g/mol. The molecule has 0 unspecified atom stereocenters. The minimum absolute atomic E-state index is 1.15. The highest BCUT2D eigenvalue weighted by atomic mass is 28.3. The summed E-state index contributed by atoms with van der Waals surface area (Å²) in [7, 11) is -3.15. The van der Waals surface area contributed by atoms with E-state index in [1.54, 1.807) is 0 Å². The van der Waals surface area contributed by atoms with Gasteiger partial charge in [-0.3, -0.25) is 0 Å². The second-order valence-electron chi connectivity index (χ2n) is 11.2. The molecule has 5 aromatic carbocycles. The molecule has 0 radical (unpaired) electrons. The maximum absolute atomic E-state index is 3.70. The molecule has 0 bridgehead atoms.